The molecule has 0 saturated carbocycles. The molecule has 156 valence electrons. The van der Waals surface area contributed by atoms with Gasteiger partial charge >= 0.3 is 6.03 Å². The largest absolute Gasteiger partial charge is 0.494 e. The molecule has 2 amide bonds. The molecule has 1 aliphatic rings. The van der Waals surface area contributed by atoms with Gasteiger partial charge in [-0.2, -0.15) is 0 Å². The van der Waals surface area contributed by atoms with Crippen LogP contribution in [0.4, 0.5) is 4.79 Å². The van der Waals surface area contributed by atoms with Crippen LogP contribution in [0.5, 0.6) is 17.2 Å². The van der Waals surface area contributed by atoms with Crippen molar-refractivity contribution in [3.05, 3.63) is 53.6 Å². The Morgan fingerprint density at radius 3 is 2.28 bits per heavy atom. The quantitative estimate of drug-likeness (QED) is 0.714. The normalized spacial score (nSPS) is 14.8. The monoisotopic (exact) mass is 398 g/mol. The lowest BCUT2D eigenvalue weighted by Crippen LogP contribution is -2.40. The Labute approximate surface area is 172 Å². The molecule has 0 saturated heterocycles. The minimum atomic E-state index is -0.208. The minimum Gasteiger partial charge on any atom is -0.494 e. The van der Waals surface area contributed by atoms with Crippen molar-refractivity contribution in [3.8, 4) is 17.2 Å². The third-order valence-corrected chi connectivity index (χ3v) is 4.92. The minimum absolute atomic E-state index is 0.126. The summed E-state index contributed by atoms with van der Waals surface area (Å²) in [7, 11) is 0. The van der Waals surface area contributed by atoms with E-state index in [0.717, 1.165) is 28.4 Å². The first-order valence-corrected chi connectivity index (χ1v) is 10.2. The molecule has 2 aromatic carbocycles. The fourth-order valence-electron chi connectivity index (χ4n) is 3.37. The standard InChI is InChI=1S/C23H30N2O4/c1-5-27-19-9-6-17(7-10-19)16(4)24-23(26)25-22(15(2)3)18-8-11-20-21(14-18)29-13-12-28-20/h6-11,14-16,22H,5,12-13H2,1-4H3,(H2,24,25,26)/t16-,22-/m1/s1. The van der Waals surface area contributed by atoms with E-state index in [2.05, 4.69) is 24.5 Å². The number of carbonyl (C=O) groups excluding carboxylic acids is 1. The molecule has 0 aliphatic carbocycles. The Kier molecular flexibility index (Phi) is 6.86. The van der Waals surface area contributed by atoms with Crippen molar-refractivity contribution >= 4 is 6.03 Å². The van der Waals surface area contributed by atoms with Gasteiger partial charge in [-0.25, -0.2) is 4.79 Å². The van der Waals surface area contributed by atoms with Gasteiger partial charge < -0.3 is 24.8 Å². The highest BCUT2D eigenvalue weighted by atomic mass is 16.6. The summed E-state index contributed by atoms with van der Waals surface area (Å²) in [5, 5.41) is 6.12. The van der Waals surface area contributed by atoms with Crippen LogP contribution in [0.25, 0.3) is 0 Å². The van der Waals surface area contributed by atoms with E-state index in [1.165, 1.54) is 0 Å². The Balaban J connectivity index is 1.65. The SMILES string of the molecule is CCOc1ccc([C@@H](C)NC(=O)N[C@@H](c2ccc3c(c2)OCCO3)C(C)C)cc1. The van der Waals surface area contributed by atoms with E-state index in [4.69, 9.17) is 14.2 Å². The zero-order valence-electron chi connectivity index (χ0n) is 17.5. The van der Waals surface area contributed by atoms with E-state index in [-0.39, 0.29) is 24.0 Å². The van der Waals surface area contributed by atoms with Crippen molar-refractivity contribution in [3.63, 3.8) is 0 Å². The van der Waals surface area contributed by atoms with Gasteiger partial charge in [-0.1, -0.05) is 32.0 Å². The molecule has 6 heteroatoms. The molecule has 6 nitrogen and oxygen atoms in total. The van der Waals surface area contributed by atoms with Gasteiger partial charge in [0, 0.05) is 0 Å². The highest BCUT2D eigenvalue weighted by Crippen LogP contribution is 2.34. The molecule has 29 heavy (non-hydrogen) atoms. The number of hydrogen-bond acceptors (Lipinski definition) is 4. The first kappa shape index (κ1) is 20.8. The summed E-state index contributed by atoms with van der Waals surface area (Å²) in [6.45, 7) is 9.81. The number of nitrogens with one attached hydrogen (secondary N) is 2. The predicted octanol–water partition coefficient (Wildman–Crippen LogP) is 4.61. The maximum absolute atomic E-state index is 12.7. The Morgan fingerprint density at radius 2 is 1.62 bits per heavy atom. The molecule has 2 atom stereocenters. The molecule has 0 bridgehead atoms. The van der Waals surface area contributed by atoms with Crippen molar-refractivity contribution in [2.24, 2.45) is 5.92 Å². The van der Waals surface area contributed by atoms with E-state index in [1.807, 2.05) is 56.3 Å². The van der Waals surface area contributed by atoms with Crippen LogP contribution in [-0.4, -0.2) is 25.9 Å². The van der Waals surface area contributed by atoms with Gasteiger partial charge in [0.15, 0.2) is 11.5 Å². The van der Waals surface area contributed by atoms with Gasteiger partial charge in [0.25, 0.3) is 0 Å². The number of urea groups is 1. The van der Waals surface area contributed by atoms with E-state index < -0.39 is 0 Å². The predicted molar refractivity (Wildman–Crippen MR) is 113 cm³/mol. The molecular formula is C23H30N2O4. The Morgan fingerprint density at radius 1 is 0.966 bits per heavy atom. The fraction of sp³-hybridized carbons (Fsp3) is 0.435. The van der Waals surface area contributed by atoms with Crippen molar-refractivity contribution < 1.29 is 19.0 Å². The number of benzene rings is 2. The van der Waals surface area contributed by atoms with Crippen molar-refractivity contribution in [1.82, 2.24) is 10.6 Å². The Bertz CT molecular complexity index is 820. The smallest absolute Gasteiger partial charge is 0.315 e. The summed E-state index contributed by atoms with van der Waals surface area (Å²) >= 11 is 0. The molecule has 1 aliphatic heterocycles. The van der Waals surface area contributed by atoms with Crippen molar-refractivity contribution in [1.29, 1.82) is 0 Å². The van der Waals surface area contributed by atoms with Crippen LogP contribution in [0.1, 0.15) is 50.9 Å². The third kappa shape index (κ3) is 5.34. The molecule has 0 aromatic heterocycles. The lowest BCUT2D eigenvalue weighted by Gasteiger charge is -2.26. The zero-order valence-corrected chi connectivity index (χ0v) is 17.5. The van der Waals surface area contributed by atoms with E-state index >= 15 is 0 Å². The number of carbonyl (C=O) groups is 1. The molecule has 0 unspecified atom stereocenters. The molecule has 0 spiro atoms. The van der Waals surface area contributed by atoms with Gasteiger partial charge in [-0.05, 0) is 55.2 Å². The topological polar surface area (TPSA) is 68.8 Å². The maximum Gasteiger partial charge on any atom is 0.315 e. The first-order valence-electron chi connectivity index (χ1n) is 10.2. The summed E-state index contributed by atoms with van der Waals surface area (Å²) in [4.78, 5) is 12.7. The van der Waals surface area contributed by atoms with Crippen LogP contribution in [0.3, 0.4) is 0 Å². The molecule has 3 rings (SSSR count). The molecule has 0 radical (unpaired) electrons. The number of rotatable bonds is 7. The molecule has 2 aromatic rings. The van der Waals surface area contributed by atoms with Crippen molar-refractivity contribution in [2.75, 3.05) is 19.8 Å². The highest BCUT2D eigenvalue weighted by Gasteiger charge is 2.22. The summed E-state index contributed by atoms with van der Waals surface area (Å²) in [6, 6.07) is 13.1. The lowest BCUT2D eigenvalue weighted by atomic mass is 9.95. The van der Waals surface area contributed by atoms with Gasteiger partial charge in [0.2, 0.25) is 0 Å². The Hall–Kier alpha value is -2.89. The highest BCUT2D eigenvalue weighted by molar-refractivity contribution is 5.75. The van der Waals surface area contributed by atoms with Crippen molar-refractivity contribution in [2.45, 2.75) is 39.8 Å². The number of ether oxygens (including phenoxy) is 3. The summed E-state index contributed by atoms with van der Waals surface area (Å²) < 4.78 is 16.7. The fourth-order valence-corrected chi connectivity index (χ4v) is 3.37. The van der Waals surface area contributed by atoms with Crippen LogP contribution in [-0.2, 0) is 0 Å². The summed E-state index contributed by atoms with van der Waals surface area (Å²) in [5.41, 5.74) is 2.01. The first-order chi connectivity index (χ1) is 14.0. The van der Waals surface area contributed by atoms with E-state index in [0.29, 0.717) is 19.8 Å². The molecule has 1 heterocycles. The molecule has 0 fully saturated rings. The third-order valence-electron chi connectivity index (χ3n) is 4.92. The second kappa shape index (κ2) is 9.54. The van der Waals surface area contributed by atoms with Gasteiger partial charge in [-0.15, -0.1) is 0 Å². The van der Waals surface area contributed by atoms with Gasteiger partial charge in [0.05, 0.1) is 18.7 Å². The summed E-state index contributed by atoms with van der Waals surface area (Å²) in [6.07, 6.45) is 0. The second-order valence-electron chi connectivity index (χ2n) is 7.47. The van der Waals surface area contributed by atoms with E-state index in [1.54, 1.807) is 0 Å². The average Bonchev–Trinajstić information content (AvgIpc) is 2.72. The maximum atomic E-state index is 12.7. The van der Waals surface area contributed by atoms with Crippen LogP contribution in [0.15, 0.2) is 42.5 Å². The average molecular weight is 399 g/mol. The molecule has 2 N–H and O–H groups in total. The zero-order chi connectivity index (χ0) is 20.8. The van der Waals surface area contributed by atoms with Crippen LogP contribution < -0.4 is 24.8 Å². The number of amides is 2. The molecular weight excluding hydrogens is 368 g/mol. The number of hydrogen-bond donors (Lipinski definition) is 2. The number of fused-ring (bicyclic) bond motifs is 1. The van der Waals surface area contributed by atoms with E-state index in [9.17, 15) is 4.79 Å². The van der Waals surface area contributed by atoms with Gasteiger partial charge in [-0.3, -0.25) is 0 Å². The summed E-state index contributed by atoms with van der Waals surface area (Å²) in [5.74, 6) is 2.51. The van der Waals surface area contributed by atoms with Crippen LogP contribution in [0.2, 0.25) is 0 Å². The lowest BCUT2D eigenvalue weighted by molar-refractivity contribution is 0.171. The van der Waals surface area contributed by atoms with Crippen LogP contribution >= 0.6 is 0 Å². The van der Waals surface area contributed by atoms with Crippen LogP contribution in [0, 0.1) is 5.92 Å². The van der Waals surface area contributed by atoms with Gasteiger partial charge in [0.1, 0.15) is 19.0 Å². The second-order valence-corrected chi connectivity index (χ2v) is 7.47.